The predicted octanol–water partition coefficient (Wildman–Crippen LogP) is 1.53. The highest BCUT2D eigenvalue weighted by Crippen LogP contribution is 2.46. The van der Waals surface area contributed by atoms with Gasteiger partial charge in [0.1, 0.15) is 5.75 Å². The highest BCUT2D eigenvalue weighted by Gasteiger charge is 2.55. The van der Waals surface area contributed by atoms with E-state index in [0.717, 1.165) is 0 Å². The van der Waals surface area contributed by atoms with Gasteiger partial charge in [-0.15, -0.1) is 0 Å². The molecule has 0 unspecified atom stereocenters. The van der Waals surface area contributed by atoms with Crippen molar-refractivity contribution in [2.45, 2.75) is 22.5 Å². The summed E-state index contributed by atoms with van der Waals surface area (Å²) < 4.78 is 27.9. The summed E-state index contributed by atoms with van der Waals surface area (Å²) in [5.41, 5.74) is 0. The number of hydrogen-bond donors (Lipinski definition) is 0. The van der Waals surface area contributed by atoms with Crippen LogP contribution in [-0.4, -0.2) is 20.3 Å². The molecule has 2 rings (SSSR count). The minimum absolute atomic E-state index is 0.187. The maximum Gasteiger partial charge on any atom is 0.197 e. The monoisotopic (exact) mass is 237 g/mol. The summed E-state index contributed by atoms with van der Waals surface area (Å²) in [4.78, 5) is 0.187. The van der Waals surface area contributed by atoms with Gasteiger partial charge in [0.2, 0.25) is 0 Å². The lowest BCUT2D eigenvalue weighted by Crippen LogP contribution is -2.21. The quantitative estimate of drug-likeness (QED) is 0.799. The lowest BCUT2D eigenvalue weighted by atomic mass is 10.3. The van der Waals surface area contributed by atoms with Gasteiger partial charge in [-0.1, -0.05) is 0 Å². The van der Waals surface area contributed by atoms with Crippen molar-refractivity contribution < 1.29 is 13.2 Å². The number of nitrogens with zero attached hydrogens (tertiary/aromatic N) is 1. The van der Waals surface area contributed by atoms with Gasteiger partial charge in [-0.05, 0) is 37.1 Å². The molecule has 0 aromatic heterocycles. The van der Waals surface area contributed by atoms with Crippen LogP contribution in [0, 0.1) is 11.3 Å². The van der Waals surface area contributed by atoms with E-state index >= 15 is 0 Å². The van der Waals surface area contributed by atoms with Gasteiger partial charge >= 0.3 is 0 Å². The van der Waals surface area contributed by atoms with Crippen LogP contribution in [0.3, 0.4) is 0 Å². The van der Waals surface area contributed by atoms with Crippen molar-refractivity contribution in [1.29, 1.82) is 5.26 Å². The normalized spacial score (nSPS) is 17.5. The molecule has 0 bridgehead atoms. The van der Waals surface area contributed by atoms with E-state index in [4.69, 9.17) is 10.00 Å². The second-order valence-electron chi connectivity index (χ2n) is 3.79. The Balaban J connectivity index is 2.42. The third kappa shape index (κ3) is 1.46. The van der Waals surface area contributed by atoms with Crippen molar-refractivity contribution in [3.63, 3.8) is 0 Å². The highest BCUT2D eigenvalue weighted by molar-refractivity contribution is 7.93. The summed E-state index contributed by atoms with van der Waals surface area (Å²) >= 11 is 0. The fourth-order valence-electron chi connectivity index (χ4n) is 1.53. The molecule has 1 fully saturated rings. The zero-order valence-electron chi connectivity index (χ0n) is 8.80. The SMILES string of the molecule is COc1ccc(S(=O)(=O)C2(C#N)CC2)cc1. The zero-order valence-corrected chi connectivity index (χ0v) is 9.62. The van der Waals surface area contributed by atoms with Crippen molar-refractivity contribution in [2.24, 2.45) is 0 Å². The number of methoxy groups -OCH3 is 1. The number of rotatable bonds is 3. The van der Waals surface area contributed by atoms with Crippen LogP contribution < -0.4 is 4.74 Å². The number of benzene rings is 1. The summed E-state index contributed by atoms with van der Waals surface area (Å²) in [6.45, 7) is 0. The Labute approximate surface area is 94.4 Å². The van der Waals surface area contributed by atoms with Crippen LogP contribution in [0.15, 0.2) is 29.2 Å². The van der Waals surface area contributed by atoms with Gasteiger partial charge in [0.15, 0.2) is 14.6 Å². The molecule has 1 saturated carbocycles. The summed E-state index contributed by atoms with van der Waals surface area (Å²) in [7, 11) is -2.00. The number of nitriles is 1. The first-order chi connectivity index (χ1) is 7.55. The van der Waals surface area contributed by atoms with Gasteiger partial charge in [-0.2, -0.15) is 5.26 Å². The Kier molecular flexibility index (Phi) is 2.39. The van der Waals surface area contributed by atoms with Crippen LogP contribution in [0.5, 0.6) is 5.75 Å². The Morgan fingerprint density at radius 2 is 1.88 bits per heavy atom. The second kappa shape index (κ2) is 3.49. The second-order valence-corrected chi connectivity index (χ2v) is 6.04. The molecular weight excluding hydrogens is 226 g/mol. The average molecular weight is 237 g/mol. The largest absolute Gasteiger partial charge is 0.497 e. The summed E-state index contributed by atoms with van der Waals surface area (Å²) in [6.07, 6.45) is 0.857. The molecule has 1 aromatic carbocycles. The number of hydrogen-bond acceptors (Lipinski definition) is 4. The van der Waals surface area contributed by atoms with Gasteiger partial charge in [0.05, 0.1) is 18.1 Å². The molecule has 4 nitrogen and oxygen atoms in total. The lowest BCUT2D eigenvalue weighted by Gasteiger charge is -2.08. The lowest BCUT2D eigenvalue weighted by molar-refractivity contribution is 0.414. The van der Waals surface area contributed by atoms with Gasteiger partial charge in [0, 0.05) is 0 Å². The molecule has 0 N–H and O–H groups in total. The molecule has 84 valence electrons. The standard InChI is InChI=1S/C11H11NO3S/c1-15-9-2-4-10(5-3-9)16(13,14)11(8-12)6-7-11/h2-5H,6-7H2,1H3. The summed E-state index contributed by atoms with van der Waals surface area (Å²) in [5.74, 6) is 0.598. The van der Waals surface area contributed by atoms with E-state index in [0.29, 0.717) is 18.6 Å². The van der Waals surface area contributed by atoms with E-state index in [1.807, 2.05) is 6.07 Å². The van der Waals surface area contributed by atoms with Gasteiger partial charge < -0.3 is 4.74 Å². The first kappa shape index (κ1) is 11.0. The summed E-state index contributed by atoms with van der Waals surface area (Å²) in [5, 5.41) is 8.90. The molecule has 16 heavy (non-hydrogen) atoms. The molecule has 0 aliphatic heterocycles. The molecule has 0 radical (unpaired) electrons. The van der Waals surface area contributed by atoms with E-state index in [2.05, 4.69) is 0 Å². The van der Waals surface area contributed by atoms with Crippen LogP contribution in [0.25, 0.3) is 0 Å². The number of ether oxygens (including phenoxy) is 1. The van der Waals surface area contributed by atoms with Crippen LogP contribution in [-0.2, 0) is 9.84 Å². The van der Waals surface area contributed by atoms with Crippen LogP contribution in [0.4, 0.5) is 0 Å². The Morgan fingerprint density at radius 3 is 2.25 bits per heavy atom. The van der Waals surface area contributed by atoms with E-state index in [1.165, 1.54) is 19.2 Å². The molecule has 0 spiro atoms. The highest BCUT2D eigenvalue weighted by atomic mass is 32.2. The van der Waals surface area contributed by atoms with Crippen molar-refractivity contribution >= 4 is 9.84 Å². The molecule has 0 atom stereocenters. The third-order valence-corrected chi connectivity index (χ3v) is 5.21. The van der Waals surface area contributed by atoms with Crippen LogP contribution in [0.1, 0.15) is 12.8 Å². The van der Waals surface area contributed by atoms with Gasteiger partial charge in [-0.25, -0.2) is 8.42 Å². The maximum atomic E-state index is 12.1. The first-order valence-corrected chi connectivity index (χ1v) is 6.34. The third-order valence-electron chi connectivity index (χ3n) is 2.79. The molecule has 0 amide bonds. The van der Waals surface area contributed by atoms with Gasteiger partial charge in [-0.3, -0.25) is 0 Å². The Morgan fingerprint density at radius 1 is 1.31 bits per heavy atom. The molecule has 0 saturated heterocycles. The van der Waals surface area contributed by atoms with E-state index < -0.39 is 14.6 Å². The van der Waals surface area contributed by atoms with Crippen molar-refractivity contribution in [3.8, 4) is 11.8 Å². The fraction of sp³-hybridized carbons (Fsp3) is 0.364. The minimum atomic E-state index is -3.52. The van der Waals surface area contributed by atoms with Crippen LogP contribution in [0.2, 0.25) is 0 Å². The molecular formula is C11H11NO3S. The Bertz CT molecular complexity index is 536. The predicted molar refractivity (Wildman–Crippen MR) is 57.8 cm³/mol. The van der Waals surface area contributed by atoms with Crippen molar-refractivity contribution in [1.82, 2.24) is 0 Å². The van der Waals surface area contributed by atoms with E-state index in [-0.39, 0.29) is 4.90 Å². The van der Waals surface area contributed by atoms with Crippen LogP contribution >= 0.6 is 0 Å². The molecule has 1 aliphatic carbocycles. The number of sulfone groups is 1. The van der Waals surface area contributed by atoms with Crippen molar-refractivity contribution in [3.05, 3.63) is 24.3 Å². The van der Waals surface area contributed by atoms with E-state index in [1.54, 1.807) is 12.1 Å². The van der Waals surface area contributed by atoms with Gasteiger partial charge in [0.25, 0.3) is 0 Å². The average Bonchev–Trinajstić information content (AvgIpc) is 3.10. The zero-order chi connectivity index (χ0) is 11.8. The summed E-state index contributed by atoms with van der Waals surface area (Å²) in [6, 6.07) is 8.02. The minimum Gasteiger partial charge on any atom is -0.497 e. The molecule has 0 heterocycles. The first-order valence-electron chi connectivity index (χ1n) is 4.86. The molecule has 5 heteroatoms. The molecule has 1 aliphatic rings. The fourth-order valence-corrected chi connectivity index (χ4v) is 3.24. The topological polar surface area (TPSA) is 67.2 Å². The molecule has 1 aromatic rings. The maximum absolute atomic E-state index is 12.1. The Hall–Kier alpha value is -1.54. The smallest absolute Gasteiger partial charge is 0.197 e. The van der Waals surface area contributed by atoms with Crippen molar-refractivity contribution in [2.75, 3.05) is 7.11 Å². The van der Waals surface area contributed by atoms with E-state index in [9.17, 15) is 8.42 Å².